The van der Waals surface area contributed by atoms with Crippen LogP contribution in [-0.4, -0.2) is 18.2 Å². The predicted octanol–water partition coefficient (Wildman–Crippen LogP) is 2.51. The molecule has 110 valence electrons. The van der Waals surface area contributed by atoms with Crippen LogP contribution < -0.4 is 15.4 Å². The number of nitrogens with one attached hydrogen (secondary N) is 2. The summed E-state index contributed by atoms with van der Waals surface area (Å²) in [6.07, 6.45) is 0. The molecule has 0 spiro atoms. The van der Waals surface area contributed by atoms with E-state index in [1.54, 1.807) is 25.3 Å². The minimum absolute atomic E-state index is 0.0101. The molecule has 3 N–H and O–H groups in total. The van der Waals surface area contributed by atoms with Crippen molar-refractivity contribution < 1.29 is 14.6 Å². The van der Waals surface area contributed by atoms with Gasteiger partial charge in [0.25, 0.3) is 0 Å². The Hall–Kier alpha value is -2.53. The van der Waals surface area contributed by atoms with E-state index in [0.29, 0.717) is 18.0 Å². The van der Waals surface area contributed by atoms with Gasteiger partial charge >= 0.3 is 6.03 Å². The molecule has 0 atom stereocenters. The van der Waals surface area contributed by atoms with Crippen molar-refractivity contribution in [2.24, 2.45) is 0 Å². The third-order valence-corrected chi connectivity index (χ3v) is 2.95. The largest absolute Gasteiger partial charge is 0.497 e. The molecule has 5 nitrogen and oxygen atoms in total. The maximum Gasteiger partial charge on any atom is 0.319 e. The first-order chi connectivity index (χ1) is 10.2. The molecule has 0 saturated heterocycles. The van der Waals surface area contributed by atoms with Crippen LogP contribution in [0.2, 0.25) is 0 Å². The molecular weight excluding hydrogens is 268 g/mol. The number of aliphatic hydroxyl groups excluding tert-OH is 1. The number of ether oxygens (including phenoxy) is 1. The van der Waals surface area contributed by atoms with Gasteiger partial charge in [-0.25, -0.2) is 4.79 Å². The molecule has 0 radical (unpaired) electrons. The highest BCUT2D eigenvalue weighted by molar-refractivity contribution is 5.89. The Labute approximate surface area is 123 Å². The number of carbonyl (C=O) groups excluding carboxylic acids is 1. The Morgan fingerprint density at radius 1 is 1.14 bits per heavy atom. The minimum Gasteiger partial charge on any atom is -0.497 e. The number of methoxy groups -OCH3 is 1. The van der Waals surface area contributed by atoms with Crippen molar-refractivity contribution in [3.05, 3.63) is 59.7 Å². The molecule has 0 fully saturated rings. The van der Waals surface area contributed by atoms with Gasteiger partial charge in [-0.1, -0.05) is 30.3 Å². The van der Waals surface area contributed by atoms with Gasteiger partial charge in [-0.15, -0.1) is 0 Å². The number of hydrogen-bond donors (Lipinski definition) is 3. The summed E-state index contributed by atoms with van der Waals surface area (Å²) in [6.45, 7) is 0.382. The molecule has 0 saturated carbocycles. The van der Waals surface area contributed by atoms with E-state index >= 15 is 0 Å². The maximum atomic E-state index is 11.8. The van der Waals surface area contributed by atoms with E-state index in [9.17, 15) is 4.79 Å². The molecule has 5 heteroatoms. The van der Waals surface area contributed by atoms with Crippen LogP contribution in [0.15, 0.2) is 48.5 Å². The zero-order valence-corrected chi connectivity index (χ0v) is 11.8. The average molecular weight is 286 g/mol. The summed E-state index contributed by atoms with van der Waals surface area (Å²) in [7, 11) is 1.58. The van der Waals surface area contributed by atoms with E-state index in [2.05, 4.69) is 10.6 Å². The molecule has 0 unspecified atom stereocenters. The van der Waals surface area contributed by atoms with Crippen LogP contribution in [-0.2, 0) is 13.2 Å². The minimum atomic E-state index is -0.294. The van der Waals surface area contributed by atoms with Gasteiger partial charge in [0.1, 0.15) is 5.75 Å². The molecule has 0 aromatic heterocycles. The van der Waals surface area contributed by atoms with Crippen molar-refractivity contribution in [3.63, 3.8) is 0 Å². The molecule has 21 heavy (non-hydrogen) atoms. The lowest BCUT2D eigenvalue weighted by molar-refractivity contribution is 0.251. The fourth-order valence-corrected chi connectivity index (χ4v) is 1.90. The van der Waals surface area contributed by atoms with Gasteiger partial charge in [0.2, 0.25) is 0 Å². The lowest BCUT2D eigenvalue weighted by atomic mass is 10.1. The second-order valence-electron chi connectivity index (χ2n) is 4.52. The van der Waals surface area contributed by atoms with Crippen molar-refractivity contribution in [1.29, 1.82) is 0 Å². The van der Waals surface area contributed by atoms with Crippen molar-refractivity contribution in [1.82, 2.24) is 5.32 Å². The summed E-state index contributed by atoms with van der Waals surface area (Å²) in [5, 5.41) is 14.6. The van der Waals surface area contributed by atoms with Gasteiger partial charge in [0.15, 0.2) is 0 Å². The Bertz CT molecular complexity index is 614. The highest BCUT2D eigenvalue weighted by Gasteiger charge is 2.03. The van der Waals surface area contributed by atoms with E-state index in [4.69, 9.17) is 9.84 Å². The second kappa shape index (κ2) is 7.31. The van der Waals surface area contributed by atoms with Crippen LogP contribution in [0.4, 0.5) is 10.5 Å². The Balaban J connectivity index is 1.89. The summed E-state index contributed by atoms with van der Waals surface area (Å²) in [5.41, 5.74) is 2.42. The fourth-order valence-electron chi connectivity index (χ4n) is 1.90. The molecule has 0 aliphatic carbocycles. The van der Waals surface area contributed by atoms with E-state index in [1.807, 2.05) is 30.3 Å². The van der Waals surface area contributed by atoms with E-state index in [0.717, 1.165) is 11.1 Å². The Kier molecular flexibility index (Phi) is 5.17. The highest BCUT2D eigenvalue weighted by Crippen LogP contribution is 2.16. The summed E-state index contributed by atoms with van der Waals surface area (Å²) < 4.78 is 5.10. The smallest absolute Gasteiger partial charge is 0.319 e. The van der Waals surface area contributed by atoms with Crippen LogP contribution in [0.1, 0.15) is 11.1 Å². The molecular formula is C16H18N2O3. The first-order valence-corrected chi connectivity index (χ1v) is 6.59. The zero-order chi connectivity index (χ0) is 15.1. The molecule has 0 heterocycles. The quantitative estimate of drug-likeness (QED) is 0.791. The van der Waals surface area contributed by atoms with Crippen molar-refractivity contribution in [3.8, 4) is 5.75 Å². The first-order valence-electron chi connectivity index (χ1n) is 6.59. The number of rotatable bonds is 5. The van der Waals surface area contributed by atoms with Gasteiger partial charge in [0.05, 0.1) is 13.7 Å². The highest BCUT2D eigenvalue weighted by atomic mass is 16.5. The number of carbonyl (C=O) groups is 1. The fraction of sp³-hybridized carbons (Fsp3) is 0.188. The molecule has 2 amide bonds. The monoisotopic (exact) mass is 286 g/mol. The SMILES string of the molecule is COc1cccc(NC(=O)NCc2cccc(CO)c2)c1. The van der Waals surface area contributed by atoms with Crippen LogP contribution >= 0.6 is 0 Å². The number of hydrogen-bond acceptors (Lipinski definition) is 3. The van der Waals surface area contributed by atoms with E-state index < -0.39 is 0 Å². The van der Waals surface area contributed by atoms with E-state index in [1.165, 1.54) is 0 Å². The predicted molar refractivity (Wildman–Crippen MR) is 81.2 cm³/mol. The first kappa shape index (κ1) is 14.9. The number of aliphatic hydroxyl groups is 1. The summed E-state index contributed by atoms with van der Waals surface area (Å²) >= 11 is 0. The third-order valence-electron chi connectivity index (χ3n) is 2.95. The van der Waals surface area contributed by atoms with Gasteiger partial charge in [-0.2, -0.15) is 0 Å². The van der Waals surface area contributed by atoms with Crippen molar-refractivity contribution in [2.75, 3.05) is 12.4 Å². The van der Waals surface area contributed by atoms with Crippen molar-refractivity contribution >= 4 is 11.7 Å². The number of anilines is 1. The second-order valence-corrected chi connectivity index (χ2v) is 4.52. The molecule has 2 rings (SSSR count). The number of benzene rings is 2. The Morgan fingerprint density at radius 3 is 2.67 bits per heavy atom. The van der Waals surface area contributed by atoms with Crippen LogP contribution in [0.3, 0.4) is 0 Å². The van der Waals surface area contributed by atoms with E-state index in [-0.39, 0.29) is 12.6 Å². The Morgan fingerprint density at radius 2 is 1.90 bits per heavy atom. The number of amides is 2. The standard InChI is InChI=1S/C16H18N2O3/c1-21-15-7-3-6-14(9-15)18-16(20)17-10-12-4-2-5-13(8-12)11-19/h2-9,19H,10-11H2,1H3,(H2,17,18,20). The molecule has 0 bridgehead atoms. The molecule has 2 aromatic rings. The van der Waals surface area contributed by atoms with Crippen LogP contribution in [0.25, 0.3) is 0 Å². The van der Waals surface area contributed by atoms with Gasteiger partial charge in [0, 0.05) is 18.3 Å². The summed E-state index contributed by atoms with van der Waals surface area (Å²) in [6, 6.07) is 14.3. The zero-order valence-electron chi connectivity index (χ0n) is 11.8. The van der Waals surface area contributed by atoms with Crippen LogP contribution in [0, 0.1) is 0 Å². The average Bonchev–Trinajstić information content (AvgIpc) is 2.53. The van der Waals surface area contributed by atoms with Crippen LogP contribution in [0.5, 0.6) is 5.75 Å². The van der Waals surface area contributed by atoms with Gasteiger partial charge < -0.3 is 20.5 Å². The van der Waals surface area contributed by atoms with Gasteiger partial charge in [-0.05, 0) is 23.3 Å². The maximum absolute atomic E-state index is 11.8. The summed E-state index contributed by atoms with van der Waals surface area (Å²) in [4.78, 5) is 11.8. The third kappa shape index (κ3) is 4.50. The topological polar surface area (TPSA) is 70.6 Å². The number of urea groups is 1. The molecule has 0 aliphatic rings. The summed E-state index contributed by atoms with van der Waals surface area (Å²) in [5.74, 6) is 0.684. The molecule has 2 aromatic carbocycles. The lowest BCUT2D eigenvalue weighted by Gasteiger charge is -2.09. The van der Waals surface area contributed by atoms with Gasteiger partial charge in [-0.3, -0.25) is 0 Å². The lowest BCUT2D eigenvalue weighted by Crippen LogP contribution is -2.28. The van der Waals surface area contributed by atoms with Crippen molar-refractivity contribution in [2.45, 2.75) is 13.2 Å². The normalized spacial score (nSPS) is 10.0. The molecule has 0 aliphatic heterocycles.